The Labute approximate surface area is 143 Å². The number of amides is 1. The number of nitrogens with one attached hydrogen (secondary N) is 1. The maximum absolute atomic E-state index is 12.1. The highest BCUT2D eigenvalue weighted by molar-refractivity contribution is 7.18. The lowest BCUT2D eigenvalue weighted by molar-refractivity contribution is 0.0958. The number of hydrogen-bond acceptors (Lipinski definition) is 7. The van der Waals surface area contributed by atoms with Crippen LogP contribution in [-0.4, -0.2) is 26.3 Å². The zero-order valence-corrected chi connectivity index (χ0v) is 14.2. The SMILES string of the molecule is COc1ccc(C=NNC(=O)c2sc(N)c(C#N)c2C)cc1OC. The summed E-state index contributed by atoms with van der Waals surface area (Å²) >= 11 is 1.06. The van der Waals surface area contributed by atoms with Gasteiger partial charge in [0.2, 0.25) is 0 Å². The number of benzene rings is 1. The van der Waals surface area contributed by atoms with E-state index in [1.807, 2.05) is 6.07 Å². The molecule has 1 amide bonds. The molecule has 1 aromatic heterocycles. The van der Waals surface area contributed by atoms with Crippen molar-refractivity contribution in [2.75, 3.05) is 20.0 Å². The zero-order chi connectivity index (χ0) is 17.7. The van der Waals surface area contributed by atoms with Crippen LogP contribution in [0.4, 0.5) is 5.00 Å². The number of methoxy groups -OCH3 is 2. The minimum Gasteiger partial charge on any atom is -0.493 e. The minimum absolute atomic E-state index is 0.323. The molecule has 0 atom stereocenters. The van der Waals surface area contributed by atoms with Gasteiger partial charge in [0.25, 0.3) is 5.91 Å². The molecule has 0 bridgehead atoms. The van der Waals surface area contributed by atoms with Crippen molar-refractivity contribution < 1.29 is 14.3 Å². The van der Waals surface area contributed by atoms with Crippen LogP contribution in [0.25, 0.3) is 0 Å². The van der Waals surface area contributed by atoms with Gasteiger partial charge in [-0.1, -0.05) is 0 Å². The van der Waals surface area contributed by atoms with Crippen molar-refractivity contribution in [1.82, 2.24) is 5.43 Å². The third-order valence-corrected chi connectivity index (χ3v) is 4.40. The van der Waals surface area contributed by atoms with E-state index in [2.05, 4.69) is 10.5 Å². The summed E-state index contributed by atoms with van der Waals surface area (Å²) in [6.45, 7) is 1.68. The highest BCUT2D eigenvalue weighted by atomic mass is 32.1. The highest BCUT2D eigenvalue weighted by Gasteiger charge is 2.18. The van der Waals surface area contributed by atoms with E-state index in [0.29, 0.717) is 32.5 Å². The predicted octanol–water partition coefficient (Wildman–Crippen LogP) is 2.29. The van der Waals surface area contributed by atoms with Crippen LogP contribution < -0.4 is 20.6 Å². The van der Waals surface area contributed by atoms with Gasteiger partial charge in [0.15, 0.2) is 11.5 Å². The van der Waals surface area contributed by atoms with Gasteiger partial charge in [0.05, 0.1) is 26.0 Å². The smallest absolute Gasteiger partial charge is 0.281 e. The third kappa shape index (κ3) is 3.47. The van der Waals surface area contributed by atoms with Crippen molar-refractivity contribution in [2.45, 2.75) is 6.92 Å². The van der Waals surface area contributed by atoms with Crippen LogP contribution in [0.15, 0.2) is 23.3 Å². The van der Waals surface area contributed by atoms with Crippen molar-refractivity contribution in [1.29, 1.82) is 5.26 Å². The number of rotatable bonds is 5. The Hall–Kier alpha value is -3.05. The zero-order valence-electron chi connectivity index (χ0n) is 13.4. The second kappa shape index (κ2) is 7.48. The van der Waals surface area contributed by atoms with Crippen LogP contribution >= 0.6 is 11.3 Å². The molecule has 2 rings (SSSR count). The number of carbonyl (C=O) groups excluding carboxylic acids is 1. The van der Waals surface area contributed by atoms with E-state index in [-0.39, 0.29) is 0 Å². The quantitative estimate of drug-likeness (QED) is 0.639. The van der Waals surface area contributed by atoms with Gasteiger partial charge in [-0.05, 0) is 36.2 Å². The lowest BCUT2D eigenvalue weighted by atomic mass is 10.2. The van der Waals surface area contributed by atoms with E-state index in [1.165, 1.54) is 13.3 Å². The lowest BCUT2D eigenvalue weighted by Crippen LogP contribution is -2.17. The van der Waals surface area contributed by atoms with E-state index in [4.69, 9.17) is 20.5 Å². The number of carbonyl (C=O) groups is 1. The molecule has 1 aromatic carbocycles. The first kappa shape index (κ1) is 17.3. The van der Waals surface area contributed by atoms with Gasteiger partial charge in [0, 0.05) is 0 Å². The average Bonchev–Trinajstić information content (AvgIpc) is 2.88. The summed E-state index contributed by atoms with van der Waals surface area (Å²) in [4.78, 5) is 12.5. The van der Waals surface area contributed by atoms with Crippen molar-refractivity contribution in [2.24, 2.45) is 5.10 Å². The van der Waals surface area contributed by atoms with Crippen LogP contribution in [0.3, 0.4) is 0 Å². The predicted molar refractivity (Wildman–Crippen MR) is 92.8 cm³/mol. The fourth-order valence-corrected chi connectivity index (χ4v) is 2.95. The maximum atomic E-state index is 12.1. The number of hydrazone groups is 1. The molecule has 8 heteroatoms. The Bertz CT molecular complexity index is 837. The average molecular weight is 344 g/mol. The molecule has 7 nitrogen and oxygen atoms in total. The van der Waals surface area contributed by atoms with E-state index in [9.17, 15) is 4.79 Å². The fourth-order valence-electron chi connectivity index (χ4n) is 2.04. The number of nitrogens with zero attached hydrogens (tertiary/aromatic N) is 2. The molecule has 0 radical (unpaired) electrons. The summed E-state index contributed by atoms with van der Waals surface area (Å²) < 4.78 is 10.4. The van der Waals surface area contributed by atoms with Crippen molar-refractivity contribution in [3.63, 3.8) is 0 Å². The molecule has 0 saturated carbocycles. The molecular formula is C16H16N4O3S. The standard InChI is InChI=1S/C16H16N4O3S/c1-9-11(7-17)15(18)24-14(9)16(21)20-19-8-10-4-5-12(22-2)13(6-10)23-3/h4-6,8H,18H2,1-3H3,(H,20,21). The summed E-state index contributed by atoms with van der Waals surface area (Å²) in [7, 11) is 3.09. The number of thiophene rings is 1. The van der Waals surface area contributed by atoms with Crippen molar-refractivity contribution in [3.8, 4) is 17.6 Å². The molecule has 0 unspecified atom stereocenters. The Morgan fingerprint density at radius 2 is 2.08 bits per heavy atom. The Balaban J connectivity index is 2.12. The van der Waals surface area contributed by atoms with Crippen molar-refractivity contribution >= 4 is 28.5 Å². The van der Waals surface area contributed by atoms with Crippen LogP contribution in [0.2, 0.25) is 0 Å². The number of ether oxygens (including phenoxy) is 2. The Morgan fingerprint density at radius 1 is 1.38 bits per heavy atom. The molecule has 0 aliphatic heterocycles. The van der Waals surface area contributed by atoms with Gasteiger partial charge in [-0.25, -0.2) is 5.43 Å². The number of nitriles is 1. The van der Waals surface area contributed by atoms with Gasteiger partial charge in [-0.15, -0.1) is 11.3 Å². The normalized spacial score (nSPS) is 10.4. The topological polar surface area (TPSA) is 110 Å². The van der Waals surface area contributed by atoms with E-state index in [1.54, 1.807) is 32.2 Å². The third-order valence-electron chi connectivity index (χ3n) is 3.28. The largest absolute Gasteiger partial charge is 0.493 e. The van der Waals surface area contributed by atoms with Gasteiger partial charge < -0.3 is 15.2 Å². The molecule has 3 N–H and O–H groups in total. The molecule has 0 fully saturated rings. The van der Waals surface area contributed by atoms with Crippen molar-refractivity contribution in [3.05, 3.63) is 39.8 Å². The summed E-state index contributed by atoms with van der Waals surface area (Å²) in [5.74, 6) is 0.753. The van der Waals surface area contributed by atoms with Crippen LogP contribution in [0.5, 0.6) is 11.5 Å². The monoisotopic (exact) mass is 344 g/mol. The molecule has 0 spiro atoms. The Morgan fingerprint density at radius 3 is 2.67 bits per heavy atom. The van der Waals surface area contributed by atoms with E-state index in [0.717, 1.165) is 16.9 Å². The van der Waals surface area contributed by atoms with Crippen LogP contribution in [-0.2, 0) is 0 Å². The first-order valence-electron chi connectivity index (χ1n) is 6.86. The van der Waals surface area contributed by atoms with Crippen LogP contribution in [0.1, 0.15) is 26.4 Å². The summed E-state index contributed by atoms with van der Waals surface area (Å²) in [6.07, 6.45) is 1.48. The first-order valence-corrected chi connectivity index (χ1v) is 7.67. The first-order chi connectivity index (χ1) is 11.5. The molecule has 24 heavy (non-hydrogen) atoms. The lowest BCUT2D eigenvalue weighted by Gasteiger charge is -2.07. The fraction of sp³-hybridized carbons (Fsp3) is 0.188. The molecule has 0 saturated heterocycles. The summed E-state index contributed by atoms with van der Waals surface area (Å²) in [5, 5.41) is 13.2. The molecule has 2 aromatic rings. The summed E-state index contributed by atoms with van der Waals surface area (Å²) in [6, 6.07) is 7.24. The molecular weight excluding hydrogens is 328 g/mol. The number of nitrogen functional groups attached to an aromatic ring is 1. The number of hydrogen-bond donors (Lipinski definition) is 2. The number of anilines is 1. The van der Waals surface area contributed by atoms with E-state index < -0.39 is 5.91 Å². The molecule has 0 aliphatic rings. The highest BCUT2D eigenvalue weighted by Crippen LogP contribution is 2.29. The van der Waals surface area contributed by atoms with Gasteiger partial charge in [0.1, 0.15) is 15.9 Å². The van der Waals surface area contributed by atoms with Gasteiger partial charge in [-0.3, -0.25) is 4.79 Å². The van der Waals surface area contributed by atoms with Gasteiger partial charge >= 0.3 is 0 Å². The second-order valence-electron chi connectivity index (χ2n) is 4.72. The molecule has 124 valence electrons. The van der Waals surface area contributed by atoms with Gasteiger partial charge in [-0.2, -0.15) is 10.4 Å². The molecule has 1 heterocycles. The summed E-state index contributed by atoms with van der Waals surface area (Å²) in [5.41, 5.74) is 9.76. The van der Waals surface area contributed by atoms with E-state index >= 15 is 0 Å². The molecule has 0 aliphatic carbocycles. The second-order valence-corrected chi connectivity index (χ2v) is 5.77. The Kier molecular flexibility index (Phi) is 5.39. The minimum atomic E-state index is -0.414. The number of nitrogens with two attached hydrogens (primary N) is 1. The van der Waals surface area contributed by atoms with Crippen LogP contribution in [0, 0.1) is 18.3 Å². The maximum Gasteiger partial charge on any atom is 0.281 e.